The minimum atomic E-state index is -4.59. The van der Waals surface area contributed by atoms with E-state index in [2.05, 4.69) is 15.6 Å². The fourth-order valence-electron chi connectivity index (χ4n) is 3.82. The molecule has 1 atom stereocenters. The number of hydrogen-bond donors (Lipinski definition) is 2. The van der Waals surface area contributed by atoms with Gasteiger partial charge in [0.05, 0.1) is 24.3 Å². The Bertz CT molecular complexity index is 958. The van der Waals surface area contributed by atoms with E-state index in [1.54, 1.807) is 18.3 Å². The van der Waals surface area contributed by atoms with Crippen LogP contribution >= 0.6 is 0 Å². The van der Waals surface area contributed by atoms with Gasteiger partial charge in [0, 0.05) is 44.1 Å². The summed E-state index contributed by atoms with van der Waals surface area (Å²) in [6.07, 6.45) is -0.925. The minimum absolute atomic E-state index is 0.0111. The maximum Gasteiger partial charge on any atom is 0.416 e. The van der Waals surface area contributed by atoms with E-state index in [0.29, 0.717) is 51.1 Å². The number of anilines is 2. The molecule has 0 saturated carbocycles. The first-order valence-electron chi connectivity index (χ1n) is 10.9. The molecule has 2 N–H and O–H groups in total. The van der Waals surface area contributed by atoms with Crippen molar-refractivity contribution in [3.63, 3.8) is 0 Å². The SMILES string of the molecule is O=C(Nc1cc(OC2CCOC2)cc(C(F)(F)F)c1)c1cccnc1NCC1CCOCC1. The molecule has 0 aliphatic carbocycles. The average molecular weight is 465 g/mol. The number of nitrogens with zero attached hydrogens (tertiary/aromatic N) is 1. The summed E-state index contributed by atoms with van der Waals surface area (Å²) in [6.45, 7) is 2.85. The Kier molecular flexibility index (Phi) is 7.34. The standard InChI is InChI=1S/C23H26F3N3O4/c24-23(25,26)16-10-17(12-19(11-16)33-18-5-9-32-14-18)29-22(30)20-2-1-6-27-21(20)28-13-15-3-7-31-8-4-15/h1-2,6,10-12,15,18H,3-5,7-9,13-14H2,(H,27,28)(H,29,30). The molecule has 1 aromatic carbocycles. The fourth-order valence-corrected chi connectivity index (χ4v) is 3.82. The number of hydrogen-bond acceptors (Lipinski definition) is 6. The molecule has 2 aliphatic heterocycles. The van der Waals surface area contributed by atoms with E-state index in [1.165, 1.54) is 6.07 Å². The first-order valence-corrected chi connectivity index (χ1v) is 10.9. The van der Waals surface area contributed by atoms with E-state index < -0.39 is 17.6 Å². The quantitative estimate of drug-likeness (QED) is 0.633. The highest BCUT2D eigenvalue weighted by Gasteiger charge is 2.32. The number of halogens is 3. The molecule has 1 aromatic heterocycles. The molecular weight excluding hydrogens is 439 g/mol. The molecule has 33 heavy (non-hydrogen) atoms. The highest BCUT2D eigenvalue weighted by molar-refractivity contribution is 6.07. The fraction of sp³-hybridized carbons (Fsp3) is 0.478. The molecule has 2 saturated heterocycles. The lowest BCUT2D eigenvalue weighted by Gasteiger charge is -2.23. The molecule has 0 radical (unpaired) electrons. The van der Waals surface area contributed by atoms with Gasteiger partial charge in [0.25, 0.3) is 5.91 Å². The average Bonchev–Trinajstić information content (AvgIpc) is 3.31. The minimum Gasteiger partial charge on any atom is -0.488 e. The van der Waals surface area contributed by atoms with E-state index in [0.717, 1.165) is 25.0 Å². The van der Waals surface area contributed by atoms with E-state index >= 15 is 0 Å². The largest absolute Gasteiger partial charge is 0.488 e. The number of carbonyl (C=O) groups excluding carboxylic acids is 1. The predicted molar refractivity (Wildman–Crippen MR) is 116 cm³/mol. The van der Waals surface area contributed by atoms with E-state index in [9.17, 15) is 18.0 Å². The Hall–Kier alpha value is -2.85. The van der Waals surface area contributed by atoms with Gasteiger partial charge in [-0.25, -0.2) is 4.98 Å². The number of ether oxygens (including phenoxy) is 3. The monoisotopic (exact) mass is 465 g/mol. The van der Waals surface area contributed by atoms with Crippen LogP contribution in [0.4, 0.5) is 24.7 Å². The summed E-state index contributed by atoms with van der Waals surface area (Å²) in [7, 11) is 0. The number of aromatic nitrogens is 1. The van der Waals surface area contributed by atoms with Crippen LogP contribution in [-0.2, 0) is 15.7 Å². The Morgan fingerprint density at radius 3 is 2.64 bits per heavy atom. The highest BCUT2D eigenvalue weighted by Crippen LogP contribution is 2.35. The summed E-state index contributed by atoms with van der Waals surface area (Å²) in [5, 5.41) is 5.76. The third-order valence-electron chi connectivity index (χ3n) is 5.63. The lowest BCUT2D eigenvalue weighted by Crippen LogP contribution is -2.24. The lowest BCUT2D eigenvalue weighted by atomic mass is 10.0. The molecule has 3 heterocycles. The Morgan fingerprint density at radius 2 is 1.91 bits per heavy atom. The molecule has 4 rings (SSSR count). The van der Waals surface area contributed by atoms with E-state index in [4.69, 9.17) is 14.2 Å². The maximum absolute atomic E-state index is 13.4. The summed E-state index contributed by atoms with van der Waals surface area (Å²) in [6, 6.07) is 6.39. The molecule has 2 aliphatic rings. The Balaban J connectivity index is 1.50. The van der Waals surface area contributed by atoms with Gasteiger partial charge in [-0.2, -0.15) is 13.2 Å². The van der Waals surface area contributed by atoms with Crippen LogP contribution in [0.1, 0.15) is 35.2 Å². The van der Waals surface area contributed by atoms with E-state index in [-0.39, 0.29) is 23.1 Å². The summed E-state index contributed by atoms with van der Waals surface area (Å²) < 4.78 is 56.6. The Labute approximate surface area is 189 Å². The van der Waals surface area contributed by atoms with E-state index in [1.807, 2.05) is 0 Å². The molecule has 0 spiro atoms. The first kappa shape index (κ1) is 23.3. The molecule has 10 heteroatoms. The van der Waals surface area contributed by atoms with Crippen molar-refractivity contribution in [2.45, 2.75) is 31.5 Å². The summed E-state index contributed by atoms with van der Waals surface area (Å²) >= 11 is 0. The van der Waals surface area contributed by atoms with Gasteiger partial charge < -0.3 is 24.8 Å². The molecule has 1 amide bonds. The van der Waals surface area contributed by atoms with Gasteiger partial charge in [-0.3, -0.25) is 4.79 Å². The molecule has 178 valence electrons. The van der Waals surface area contributed by atoms with Crippen molar-refractivity contribution in [3.05, 3.63) is 47.7 Å². The van der Waals surface area contributed by atoms with Crippen molar-refractivity contribution in [1.29, 1.82) is 0 Å². The zero-order valence-electron chi connectivity index (χ0n) is 18.0. The van der Waals surface area contributed by atoms with Gasteiger partial charge in [0.15, 0.2) is 0 Å². The van der Waals surface area contributed by atoms with Gasteiger partial charge >= 0.3 is 6.18 Å². The van der Waals surface area contributed by atoms with Crippen LogP contribution < -0.4 is 15.4 Å². The second kappa shape index (κ2) is 10.4. The van der Waals surface area contributed by atoms with Crippen molar-refractivity contribution in [2.75, 3.05) is 43.6 Å². The summed E-state index contributed by atoms with van der Waals surface area (Å²) in [5.74, 6) is 0.249. The smallest absolute Gasteiger partial charge is 0.416 e. The molecule has 7 nitrogen and oxygen atoms in total. The lowest BCUT2D eigenvalue weighted by molar-refractivity contribution is -0.137. The van der Waals surface area contributed by atoms with Crippen LogP contribution in [0.15, 0.2) is 36.5 Å². The molecular formula is C23H26F3N3O4. The van der Waals surface area contributed by atoms with Crippen LogP contribution in [0.25, 0.3) is 0 Å². The number of alkyl halides is 3. The Morgan fingerprint density at radius 1 is 1.12 bits per heavy atom. The van der Waals surface area contributed by atoms with Gasteiger partial charge in [-0.1, -0.05) is 0 Å². The van der Waals surface area contributed by atoms with Crippen LogP contribution in [0.2, 0.25) is 0 Å². The molecule has 2 fully saturated rings. The third-order valence-corrected chi connectivity index (χ3v) is 5.63. The van der Waals surface area contributed by atoms with Crippen molar-refractivity contribution < 1.29 is 32.2 Å². The normalized spacial score (nSPS) is 19.3. The van der Waals surface area contributed by atoms with Crippen LogP contribution in [0, 0.1) is 5.92 Å². The zero-order valence-corrected chi connectivity index (χ0v) is 18.0. The van der Waals surface area contributed by atoms with Crippen molar-refractivity contribution in [1.82, 2.24) is 4.98 Å². The number of rotatable bonds is 7. The topological polar surface area (TPSA) is 81.7 Å². The van der Waals surface area contributed by atoms with Gasteiger partial charge in [0.1, 0.15) is 17.7 Å². The van der Waals surface area contributed by atoms with Crippen LogP contribution in [0.3, 0.4) is 0 Å². The number of nitrogens with one attached hydrogen (secondary N) is 2. The first-order chi connectivity index (χ1) is 15.9. The second-order valence-electron chi connectivity index (χ2n) is 8.14. The number of benzene rings is 1. The predicted octanol–water partition coefficient (Wildman–Crippen LogP) is 4.36. The summed E-state index contributed by atoms with van der Waals surface area (Å²) in [5.41, 5.74) is -0.671. The van der Waals surface area contributed by atoms with Gasteiger partial charge in [-0.15, -0.1) is 0 Å². The number of carbonyl (C=O) groups is 1. The zero-order chi connectivity index (χ0) is 23.3. The summed E-state index contributed by atoms with van der Waals surface area (Å²) in [4.78, 5) is 17.2. The number of pyridine rings is 1. The van der Waals surface area contributed by atoms with Crippen molar-refractivity contribution >= 4 is 17.4 Å². The van der Waals surface area contributed by atoms with Gasteiger partial charge in [-0.05, 0) is 43.0 Å². The van der Waals surface area contributed by atoms with Gasteiger partial charge in [0.2, 0.25) is 0 Å². The number of amides is 1. The highest BCUT2D eigenvalue weighted by atomic mass is 19.4. The second-order valence-corrected chi connectivity index (χ2v) is 8.14. The van der Waals surface area contributed by atoms with Crippen LogP contribution in [-0.4, -0.2) is 50.0 Å². The van der Waals surface area contributed by atoms with Crippen molar-refractivity contribution in [3.8, 4) is 5.75 Å². The third kappa shape index (κ3) is 6.35. The van der Waals surface area contributed by atoms with Crippen LogP contribution in [0.5, 0.6) is 5.75 Å². The molecule has 2 aromatic rings. The van der Waals surface area contributed by atoms with Crippen molar-refractivity contribution in [2.24, 2.45) is 5.92 Å². The molecule has 0 bridgehead atoms. The maximum atomic E-state index is 13.4. The molecule has 1 unspecified atom stereocenters.